The van der Waals surface area contributed by atoms with E-state index in [1.165, 1.54) is 55.4 Å². The molecule has 184 valence electrons. The van der Waals surface area contributed by atoms with E-state index in [-0.39, 0.29) is 29.3 Å². The normalized spacial score (nSPS) is 19.3. The molecule has 0 spiro atoms. The number of benzene rings is 2. The van der Waals surface area contributed by atoms with E-state index in [2.05, 4.69) is 0 Å². The molecule has 2 aromatic carbocycles. The Morgan fingerprint density at radius 2 is 1.76 bits per heavy atom. The van der Waals surface area contributed by atoms with Gasteiger partial charge in [0.1, 0.15) is 6.04 Å². The van der Waals surface area contributed by atoms with Crippen LogP contribution in [0.15, 0.2) is 53.4 Å². The average Bonchev–Trinajstić information content (AvgIpc) is 2.78. The molecule has 34 heavy (non-hydrogen) atoms. The lowest BCUT2D eigenvalue weighted by molar-refractivity contribution is -0.137. The lowest BCUT2D eigenvalue weighted by Gasteiger charge is -2.39. The highest BCUT2D eigenvalue weighted by molar-refractivity contribution is 7.89. The third-order valence-corrected chi connectivity index (χ3v) is 7.76. The Balaban J connectivity index is 1.86. The van der Waals surface area contributed by atoms with Crippen molar-refractivity contribution in [2.45, 2.75) is 36.4 Å². The van der Waals surface area contributed by atoms with Crippen molar-refractivity contribution in [1.29, 1.82) is 0 Å². The number of carbonyl (C=O) groups is 2. The standard InChI is InChI=1S/C23H26F3N3O4S/c1-28(2)34(32,33)19-7-3-5-17(14-19)22(31)29-12-4-6-16(20(29)21(27)30)13-15-8-10-18(11-9-15)23(24,25)26/h3,5,7-11,14,16,20H,4,6,12-13H2,1-2H3,(H2,27,30)/t16?,20-/m1/s1. The van der Waals surface area contributed by atoms with Crippen LogP contribution in [0.4, 0.5) is 13.2 Å². The number of piperidine rings is 1. The fraction of sp³-hybridized carbons (Fsp3) is 0.391. The SMILES string of the molecule is CN(C)S(=O)(=O)c1cccc(C(=O)N2CCCC(Cc3ccc(C(F)(F)F)cc3)[C@@H]2C(N)=O)c1. The molecule has 0 bridgehead atoms. The van der Waals surface area contributed by atoms with Gasteiger partial charge in [-0.25, -0.2) is 12.7 Å². The molecule has 2 aromatic rings. The van der Waals surface area contributed by atoms with Crippen LogP contribution in [0, 0.1) is 5.92 Å². The zero-order chi connectivity index (χ0) is 25.3. The molecular formula is C23H26F3N3O4S. The minimum Gasteiger partial charge on any atom is -0.368 e. The maximum absolute atomic E-state index is 13.3. The predicted molar refractivity (Wildman–Crippen MR) is 119 cm³/mol. The number of amides is 2. The summed E-state index contributed by atoms with van der Waals surface area (Å²) in [4.78, 5) is 27.0. The Morgan fingerprint density at radius 1 is 1.12 bits per heavy atom. The van der Waals surface area contributed by atoms with Crippen LogP contribution in [0.1, 0.15) is 34.3 Å². The number of primary amides is 1. The molecule has 1 unspecified atom stereocenters. The summed E-state index contributed by atoms with van der Waals surface area (Å²) in [6.45, 7) is 0.251. The van der Waals surface area contributed by atoms with Crippen LogP contribution >= 0.6 is 0 Å². The van der Waals surface area contributed by atoms with Gasteiger partial charge in [0.15, 0.2) is 0 Å². The van der Waals surface area contributed by atoms with Crippen molar-refractivity contribution in [2.24, 2.45) is 11.7 Å². The van der Waals surface area contributed by atoms with Gasteiger partial charge >= 0.3 is 6.18 Å². The second-order valence-electron chi connectivity index (χ2n) is 8.46. The van der Waals surface area contributed by atoms with Crippen molar-refractivity contribution in [3.8, 4) is 0 Å². The summed E-state index contributed by atoms with van der Waals surface area (Å²) in [6, 6.07) is 9.26. The predicted octanol–water partition coefficient (Wildman–Crippen LogP) is 2.90. The quantitative estimate of drug-likeness (QED) is 0.663. The van der Waals surface area contributed by atoms with Crippen LogP contribution in [0.2, 0.25) is 0 Å². The summed E-state index contributed by atoms with van der Waals surface area (Å²) in [6.07, 6.45) is -3.05. The van der Waals surface area contributed by atoms with Gasteiger partial charge in [-0.05, 0) is 61.1 Å². The van der Waals surface area contributed by atoms with Crippen LogP contribution in [0.3, 0.4) is 0 Å². The van der Waals surface area contributed by atoms with Gasteiger partial charge in [-0.3, -0.25) is 9.59 Å². The number of hydrogen-bond donors (Lipinski definition) is 1. The van der Waals surface area contributed by atoms with E-state index in [0.717, 1.165) is 16.4 Å². The number of nitrogens with zero attached hydrogens (tertiary/aromatic N) is 2. The minimum absolute atomic E-state index is 0.0581. The molecule has 7 nitrogen and oxygen atoms in total. The number of hydrogen-bond acceptors (Lipinski definition) is 4. The van der Waals surface area contributed by atoms with Crippen LogP contribution in [0.5, 0.6) is 0 Å². The molecule has 1 saturated heterocycles. The van der Waals surface area contributed by atoms with Crippen LogP contribution < -0.4 is 5.73 Å². The number of halogens is 3. The van der Waals surface area contributed by atoms with E-state index in [0.29, 0.717) is 18.4 Å². The van der Waals surface area contributed by atoms with Gasteiger partial charge in [-0.1, -0.05) is 18.2 Å². The van der Waals surface area contributed by atoms with Crippen LogP contribution in [-0.4, -0.2) is 56.1 Å². The first kappa shape index (κ1) is 25.7. The molecule has 2 atom stereocenters. The van der Waals surface area contributed by atoms with Crippen molar-refractivity contribution in [1.82, 2.24) is 9.21 Å². The first-order valence-electron chi connectivity index (χ1n) is 10.6. The Labute approximate surface area is 196 Å². The van der Waals surface area contributed by atoms with Gasteiger partial charge < -0.3 is 10.6 Å². The number of sulfonamides is 1. The first-order chi connectivity index (χ1) is 15.8. The van der Waals surface area contributed by atoms with Crippen molar-refractivity contribution in [2.75, 3.05) is 20.6 Å². The maximum atomic E-state index is 13.3. The fourth-order valence-electron chi connectivity index (χ4n) is 4.20. The molecule has 11 heteroatoms. The van der Waals surface area contributed by atoms with Gasteiger partial charge in [0.25, 0.3) is 5.91 Å². The van der Waals surface area contributed by atoms with Crippen molar-refractivity contribution < 1.29 is 31.2 Å². The number of likely N-dealkylation sites (tertiary alicyclic amines) is 1. The van der Waals surface area contributed by atoms with Crippen LogP contribution in [0.25, 0.3) is 0 Å². The van der Waals surface area contributed by atoms with Crippen molar-refractivity contribution >= 4 is 21.8 Å². The smallest absolute Gasteiger partial charge is 0.368 e. The second kappa shape index (κ2) is 9.75. The summed E-state index contributed by atoms with van der Waals surface area (Å²) >= 11 is 0. The Kier molecular flexibility index (Phi) is 7.37. The zero-order valence-electron chi connectivity index (χ0n) is 18.7. The minimum atomic E-state index is -4.45. The van der Waals surface area contributed by atoms with Gasteiger partial charge in [-0.2, -0.15) is 13.2 Å². The third-order valence-electron chi connectivity index (χ3n) is 5.95. The van der Waals surface area contributed by atoms with E-state index in [4.69, 9.17) is 5.73 Å². The summed E-state index contributed by atoms with van der Waals surface area (Å²) in [7, 11) is -1.01. The Morgan fingerprint density at radius 3 is 2.32 bits per heavy atom. The topological polar surface area (TPSA) is 101 Å². The summed E-state index contributed by atoms with van der Waals surface area (Å²) in [5.41, 5.74) is 5.58. The molecule has 0 radical (unpaired) electrons. The highest BCUT2D eigenvalue weighted by Crippen LogP contribution is 2.32. The first-order valence-corrected chi connectivity index (χ1v) is 12.1. The summed E-state index contributed by atoms with van der Waals surface area (Å²) < 4.78 is 64.5. The van der Waals surface area contributed by atoms with E-state index in [9.17, 15) is 31.2 Å². The molecule has 2 N–H and O–H groups in total. The molecule has 0 aliphatic carbocycles. The molecule has 2 amide bonds. The van der Waals surface area contributed by atoms with Gasteiger partial charge in [-0.15, -0.1) is 0 Å². The molecule has 1 heterocycles. The monoisotopic (exact) mass is 497 g/mol. The van der Waals surface area contributed by atoms with E-state index in [1.807, 2.05) is 0 Å². The molecule has 0 saturated carbocycles. The molecule has 1 aliphatic rings. The Bertz CT molecular complexity index is 1160. The maximum Gasteiger partial charge on any atom is 0.416 e. The molecule has 0 aromatic heterocycles. The summed E-state index contributed by atoms with van der Waals surface area (Å²) in [5.74, 6) is -1.64. The summed E-state index contributed by atoms with van der Waals surface area (Å²) in [5, 5.41) is 0. The van der Waals surface area contributed by atoms with E-state index in [1.54, 1.807) is 0 Å². The largest absolute Gasteiger partial charge is 0.416 e. The molecule has 1 aliphatic heterocycles. The number of alkyl halides is 3. The lowest BCUT2D eigenvalue weighted by atomic mass is 9.83. The highest BCUT2D eigenvalue weighted by Gasteiger charge is 2.39. The Hall–Kier alpha value is -2.92. The average molecular weight is 498 g/mol. The highest BCUT2D eigenvalue weighted by atomic mass is 32.2. The van der Waals surface area contributed by atoms with Gasteiger partial charge in [0.2, 0.25) is 15.9 Å². The number of nitrogens with two attached hydrogens (primary N) is 1. The van der Waals surface area contributed by atoms with E-state index >= 15 is 0 Å². The molecule has 1 fully saturated rings. The lowest BCUT2D eigenvalue weighted by Crippen LogP contribution is -2.55. The van der Waals surface area contributed by atoms with Crippen molar-refractivity contribution in [3.05, 3.63) is 65.2 Å². The fourth-order valence-corrected chi connectivity index (χ4v) is 5.15. The second-order valence-corrected chi connectivity index (χ2v) is 10.6. The third kappa shape index (κ3) is 5.41. The number of rotatable bonds is 6. The van der Waals surface area contributed by atoms with Crippen molar-refractivity contribution in [3.63, 3.8) is 0 Å². The number of carbonyl (C=O) groups excluding carboxylic acids is 2. The zero-order valence-corrected chi connectivity index (χ0v) is 19.6. The molecular weight excluding hydrogens is 471 g/mol. The van der Waals surface area contributed by atoms with Crippen LogP contribution in [-0.2, 0) is 27.4 Å². The van der Waals surface area contributed by atoms with E-state index < -0.39 is 39.6 Å². The molecule has 3 rings (SSSR count). The van der Waals surface area contributed by atoms with Gasteiger partial charge in [0.05, 0.1) is 10.5 Å². The van der Waals surface area contributed by atoms with Gasteiger partial charge in [0, 0.05) is 26.2 Å².